The second-order valence-electron chi connectivity index (χ2n) is 6.88. The molecule has 0 aliphatic heterocycles. The van der Waals surface area contributed by atoms with Gasteiger partial charge in [-0.05, 0) is 54.9 Å². The lowest BCUT2D eigenvalue weighted by Crippen LogP contribution is -2.34. The van der Waals surface area contributed by atoms with Crippen LogP contribution in [0.25, 0.3) is 0 Å². The van der Waals surface area contributed by atoms with Crippen LogP contribution in [-0.4, -0.2) is 24.2 Å². The third kappa shape index (κ3) is 7.04. The van der Waals surface area contributed by atoms with Crippen LogP contribution in [0.5, 0.6) is 11.5 Å². The molecule has 28 heavy (non-hydrogen) atoms. The van der Waals surface area contributed by atoms with Crippen LogP contribution < -0.4 is 20.1 Å². The van der Waals surface area contributed by atoms with Gasteiger partial charge in [0, 0.05) is 11.8 Å². The standard InChI is InChI=1S/C22H26N2O3S/c1-15(2)13-26-18-9-7-8-17(12-18)23-22(28)24-21(25)19-10-5-6-11-20(19)27-14-16(3)4/h5-12,16H,1,13-14H2,2-4H3,(H2,23,24,25,28). The zero-order valence-corrected chi connectivity index (χ0v) is 17.3. The number of ether oxygens (including phenoxy) is 2. The zero-order valence-electron chi connectivity index (χ0n) is 16.5. The molecule has 2 aromatic carbocycles. The SMILES string of the molecule is C=C(C)COc1cccc(NC(=S)NC(=O)c2ccccc2OCC(C)C)c1. The monoisotopic (exact) mass is 398 g/mol. The van der Waals surface area contributed by atoms with Crippen molar-refractivity contribution in [1.82, 2.24) is 5.32 Å². The highest BCUT2D eigenvalue weighted by Crippen LogP contribution is 2.20. The fourth-order valence-corrected chi connectivity index (χ4v) is 2.45. The number of anilines is 1. The molecule has 2 N–H and O–H groups in total. The Morgan fingerprint density at radius 1 is 1.14 bits per heavy atom. The molecule has 5 nitrogen and oxygen atoms in total. The van der Waals surface area contributed by atoms with Crippen molar-refractivity contribution in [2.45, 2.75) is 20.8 Å². The van der Waals surface area contributed by atoms with Gasteiger partial charge in [0.2, 0.25) is 0 Å². The maximum Gasteiger partial charge on any atom is 0.261 e. The Bertz CT molecular complexity index is 849. The van der Waals surface area contributed by atoms with Crippen LogP contribution in [-0.2, 0) is 0 Å². The third-order valence-electron chi connectivity index (χ3n) is 3.51. The molecule has 148 valence electrons. The minimum Gasteiger partial charge on any atom is -0.492 e. The molecule has 6 heteroatoms. The molecule has 0 aliphatic carbocycles. The van der Waals surface area contributed by atoms with E-state index >= 15 is 0 Å². The first-order chi connectivity index (χ1) is 13.3. The first-order valence-electron chi connectivity index (χ1n) is 9.06. The second-order valence-corrected chi connectivity index (χ2v) is 7.29. The van der Waals surface area contributed by atoms with Crippen molar-refractivity contribution in [3.63, 3.8) is 0 Å². The van der Waals surface area contributed by atoms with Crippen molar-refractivity contribution in [2.24, 2.45) is 5.92 Å². The molecule has 0 saturated carbocycles. The van der Waals surface area contributed by atoms with Crippen molar-refractivity contribution in [3.8, 4) is 11.5 Å². The Kier molecular flexibility index (Phi) is 8.02. The van der Waals surface area contributed by atoms with E-state index in [1.54, 1.807) is 24.3 Å². The molecule has 0 unspecified atom stereocenters. The second kappa shape index (κ2) is 10.5. The van der Waals surface area contributed by atoms with Gasteiger partial charge in [0.05, 0.1) is 12.2 Å². The Balaban J connectivity index is 1.99. The van der Waals surface area contributed by atoms with Crippen molar-refractivity contribution in [2.75, 3.05) is 18.5 Å². The Morgan fingerprint density at radius 2 is 1.89 bits per heavy atom. The van der Waals surface area contributed by atoms with Gasteiger partial charge in [0.15, 0.2) is 5.11 Å². The first kappa shape index (κ1) is 21.4. The minimum absolute atomic E-state index is 0.195. The topological polar surface area (TPSA) is 59.6 Å². The quantitative estimate of drug-likeness (QED) is 0.494. The number of thiocarbonyl (C=S) groups is 1. The molecule has 0 heterocycles. The maximum absolute atomic E-state index is 12.6. The summed E-state index contributed by atoms with van der Waals surface area (Å²) in [6, 6.07) is 14.4. The summed E-state index contributed by atoms with van der Waals surface area (Å²) in [6.45, 7) is 10.8. The average Bonchev–Trinajstić information content (AvgIpc) is 2.65. The molecular formula is C22H26N2O3S. The van der Waals surface area contributed by atoms with E-state index < -0.39 is 0 Å². The summed E-state index contributed by atoms with van der Waals surface area (Å²) in [7, 11) is 0. The predicted molar refractivity (Wildman–Crippen MR) is 117 cm³/mol. The smallest absolute Gasteiger partial charge is 0.261 e. The summed E-state index contributed by atoms with van der Waals surface area (Å²) in [4.78, 5) is 12.6. The Labute approximate surface area is 171 Å². The van der Waals surface area contributed by atoms with E-state index in [0.29, 0.717) is 41.9 Å². The average molecular weight is 399 g/mol. The van der Waals surface area contributed by atoms with Crippen LogP contribution in [0, 0.1) is 5.92 Å². The molecular weight excluding hydrogens is 372 g/mol. The van der Waals surface area contributed by atoms with E-state index in [-0.39, 0.29) is 11.0 Å². The zero-order chi connectivity index (χ0) is 20.5. The fraction of sp³-hybridized carbons (Fsp3) is 0.273. The van der Waals surface area contributed by atoms with Crippen LogP contribution >= 0.6 is 12.2 Å². The number of carbonyl (C=O) groups excluding carboxylic acids is 1. The fourth-order valence-electron chi connectivity index (χ4n) is 2.24. The minimum atomic E-state index is -0.327. The summed E-state index contributed by atoms with van der Waals surface area (Å²) >= 11 is 5.27. The van der Waals surface area contributed by atoms with Gasteiger partial charge in [0.25, 0.3) is 5.91 Å². The highest BCUT2D eigenvalue weighted by Gasteiger charge is 2.14. The molecule has 0 saturated heterocycles. The lowest BCUT2D eigenvalue weighted by atomic mass is 10.2. The summed E-state index contributed by atoms with van der Waals surface area (Å²) < 4.78 is 11.3. The van der Waals surface area contributed by atoms with Crippen molar-refractivity contribution < 1.29 is 14.3 Å². The van der Waals surface area contributed by atoms with E-state index in [9.17, 15) is 4.79 Å². The van der Waals surface area contributed by atoms with Crippen LogP contribution in [0.3, 0.4) is 0 Å². The number of para-hydroxylation sites is 1. The van der Waals surface area contributed by atoms with Gasteiger partial charge in [0.1, 0.15) is 18.1 Å². The summed E-state index contributed by atoms with van der Waals surface area (Å²) in [5.74, 6) is 1.26. The predicted octanol–water partition coefficient (Wildman–Crippen LogP) is 4.80. The number of carbonyl (C=O) groups is 1. The molecule has 0 atom stereocenters. The van der Waals surface area contributed by atoms with Crippen molar-refractivity contribution in [3.05, 3.63) is 66.2 Å². The summed E-state index contributed by atoms with van der Waals surface area (Å²) in [6.07, 6.45) is 0. The molecule has 0 fully saturated rings. The molecule has 2 rings (SSSR count). The highest BCUT2D eigenvalue weighted by atomic mass is 32.1. The molecule has 0 bridgehead atoms. The van der Waals surface area contributed by atoms with Crippen molar-refractivity contribution in [1.29, 1.82) is 0 Å². The highest BCUT2D eigenvalue weighted by molar-refractivity contribution is 7.80. The molecule has 0 radical (unpaired) electrons. The normalized spacial score (nSPS) is 10.3. The van der Waals surface area contributed by atoms with Gasteiger partial charge in [-0.1, -0.05) is 38.6 Å². The molecule has 1 amide bonds. The van der Waals surface area contributed by atoms with Gasteiger partial charge in [-0.15, -0.1) is 0 Å². The van der Waals surface area contributed by atoms with Gasteiger partial charge in [-0.2, -0.15) is 0 Å². The maximum atomic E-state index is 12.6. The van der Waals surface area contributed by atoms with Gasteiger partial charge < -0.3 is 14.8 Å². The Morgan fingerprint density at radius 3 is 2.61 bits per heavy atom. The number of rotatable bonds is 8. The number of benzene rings is 2. The largest absolute Gasteiger partial charge is 0.492 e. The molecule has 0 spiro atoms. The third-order valence-corrected chi connectivity index (χ3v) is 3.71. The van der Waals surface area contributed by atoms with Gasteiger partial charge in [-0.3, -0.25) is 10.1 Å². The van der Waals surface area contributed by atoms with Crippen LogP contribution in [0.15, 0.2) is 60.7 Å². The van der Waals surface area contributed by atoms with Crippen LogP contribution in [0.4, 0.5) is 5.69 Å². The van der Waals surface area contributed by atoms with Crippen molar-refractivity contribution >= 4 is 28.9 Å². The summed E-state index contributed by atoms with van der Waals surface area (Å²) in [5.41, 5.74) is 2.08. The number of hydrogen-bond acceptors (Lipinski definition) is 4. The first-order valence-corrected chi connectivity index (χ1v) is 9.47. The van der Waals surface area contributed by atoms with E-state index in [2.05, 4.69) is 31.1 Å². The lowest BCUT2D eigenvalue weighted by molar-refractivity contribution is 0.0973. The molecule has 0 aromatic heterocycles. The van der Waals surface area contributed by atoms with Crippen LogP contribution in [0.1, 0.15) is 31.1 Å². The summed E-state index contributed by atoms with van der Waals surface area (Å²) in [5, 5.41) is 5.88. The Hall–Kier alpha value is -2.86. The number of amides is 1. The van der Waals surface area contributed by atoms with Crippen LogP contribution in [0.2, 0.25) is 0 Å². The number of hydrogen-bond donors (Lipinski definition) is 2. The lowest BCUT2D eigenvalue weighted by Gasteiger charge is -2.14. The molecule has 2 aromatic rings. The van der Waals surface area contributed by atoms with E-state index in [0.717, 1.165) is 5.57 Å². The van der Waals surface area contributed by atoms with Gasteiger partial charge >= 0.3 is 0 Å². The van der Waals surface area contributed by atoms with Gasteiger partial charge in [-0.25, -0.2) is 0 Å². The number of nitrogens with one attached hydrogen (secondary N) is 2. The van der Waals surface area contributed by atoms with E-state index in [4.69, 9.17) is 21.7 Å². The van der Waals surface area contributed by atoms with E-state index in [1.807, 2.05) is 31.2 Å². The molecule has 0 aliphatic rings. The van der Waals surface area contributed by atoms with E-state index in [1.165, 1.54) is 0 Å².